The minimum Gasteiger partial charge on any atom is -0.457 e. The Morgan fingerprint density at radius 1 is 1.02 bits per heavy atom. The van der Waals surface area contributed by atoms with E-state index in [0.717, 1.165) is 31.1 Å². The molecule has 2 aromatic carbocycles. The number of halogens is 2. The van der Waals surface area contributed by atoms with Crippen LogP contribution < -0.4 is 15.2 Å². The third-order valence-electron chi connectivity index (χ3n) is 10.8. The van der Waals surface area contributed by atoms with Crippen molar-refractivity contribution in [1.29, 1.82) is 0 Å². The Hall–Kier alpha value is -5.69. The maximum Gasteiger partial charge on any atom is 0.414 e. The average molecular weight is 749 g/mol. The molecule has 0 saturated carbocycles. The zero-order valence-electron chi connectivity index (χ0n) is 31.7. The first-order valence-corrected chi connectivity index (χ1v) is 18.4. The first-order valence-electron chi connectivity index (χ1n) is 18.4. The predicted octanol–water partition coefficient (Wildman–Crippen LogP) is 6.71. The van der Waals surface area contributed by atoms with E-state index >= 15 is 8.78 Å². The molecule has 2 atom stereocenters. The highest BCUT2D eigenvalue weighted by atomic mass is 19.2. The first kappa shape index (κ1) is 36.3. The molecular weight excluding hydrogens is 706 g/mol. The number of ether oxygens (including phenoxy) is 2. The van der Waals surface area contributed by atoms with E-state index < -0.39 is 34.7 Å². The highest BCUT2D eigenvalue weighted by Crippen LogP contribution is 2.52. The molecule has 0 spiro atoms. The second-order valence-electron chi connectivity index (χ2n) is 15.8. The lowest BCUT2D eigenvalue weighted by Crippen LogP contribution is -2.35. The summed E-state index contributed by atoms with van der Waals surface area (Å²) in [5.41, 5.74) is 3.09. The standard InChI is InChI=1S/C42H42F2N6O5/c1-42(2,3)55-41(53)49(6)32-16-30(43)36(44)34-26(32)15-31-35(34)37(50-13-12-24-19-47(4)21-33(24)50)28(18-45-31)25-14-27-38(51)29(20-48(5)39(27)46-17-25)40(52)54-22-23-10-8-7-9-11-23/h7-11,14,16-18,20,24,33H,12-13,15,19,21-22H2,1-6H3/t24-,33+/m1/s1. The van der Waals surface area contributed by atoms with E-state index in [0.29, 0.717) is 51.7 Å². The summed E-state index contributed by atoms with van der Waals surface area (Å²) in [6, 6.07) is 12.0. The van der Waals surface area contributed by atoms with Crippen LogP contribution in [0.5, 0.6) is 0 Å². The second-order valence-corrected chi connectivity index (χ2v) is 15.8. The molecule has 0 unspecified atom stereocenters. The molecule has 8 rings (SSSR count). The van der Waals surface area contributed by atoms with Crippen molar-refractivity contribution in [3.8, 4) is 22.3 Å². The zero-order valence-corrected chi connectivity index (χ0v) is 31.7. The van der Waals surface area contributed by atoms with E-state index in [4.69, 9.17) is 14.5 Å². The van der Waals surface area contributed by atoms with Crippen LogP contribution in [-0.4, -0.2) is 76.9 Å². The summed E-state index contributed by atoms with van der Waals surface area (Å²) in [6.45, 7) is 7.57. The lowest BCUT2D eigenvalue weighted by atomic mass is 9.96. The fourth-order valence-electron chi connectivity index (χ4n) is 8.34. The van der Waals surface area contributed by atoms with Crippen LogP contribution in [0.4, 0.5) is 25.0 Å². The fourth-order valence-corrected chi connectivity index (χ4v) is 8.34. The van der Waals surface area contributed by atoms with Crippen molar-refractivity contribution in [2.45, 2.75) is 51.9 Å². The quantitative estimate of drug-likeness (QED) is 0.172. The van der Waals surface area contributed by atoms with Crippen molar-refractivity contribution < 1.29 is 27.8 Å². The SMILES string of the molecule is CN1C[C@H]2CCN(c3c(-c4cnc5c(c4)c(=O)c(C(=O)OCc4ccccc4)cn5C)cnc4c3-c3c(F)c(F)cc(N(C)C(=O)OC(C)(C)C)c3C4)[C@H]2C1. The Balaban J connectivity index is 1.29. The van der Waals surface area contributed by atoms with Gasteiger partial charge in [0.1, 0.15) is 23.4 Å². The summed E-state index contributed by atoms with van der Waals surface area (Å²) >= 11 is 0. The molecule has 2 saturated heterocycles. The normalized spacial score (nSPS) is 17.6. The molecule has 3 aliphatic rings. The molecule has 284 valence electrons. The van der Waals surface area contributed by atoms with Gasteiger partial charge in [-0.15, -0.1) is 0 Å². The van der Waals surface area contributed by atoms with Gasteiger partial charge in [0.25, 0.3) is 0 Å². The molecule has 0 bridgehead atoms. The summed E-state index contributed by atoms with van der Waals surface area (Å²) in [5.74, 6) is -2.53. The zero-order chi connectivity index (χ0) is 38.9. The van der Waals surface area contributed by atoms with E-state index in [-0.39, 0.29) is 41.3 Å². The van der Waals surface area contributed by atoms with E-state index in [1.54, 1.807) is 50.8 Å². The van der Waals surface area contributed by atoms with Crippen molar-refractivity contribution in [3.63, 3.8) is 0 Å². The van der Waals surface area contributed by atoms with Crippen LogP contribution in [0.1, 0.15) is 54.4 Å². The number of carbonyl (C=O) groups excluding carboxylic acids is 2. The van der Waals surface area contributed by atoms with Crippen LogP contribution in [-0.2, 0) is 29.5 Å². The third-order valence-corrected chi connectivity index (χ3v) is 10.8. The van der Waals surface area contributed by atoms with Gasteiger partial charge in [0.2, 0.25) is 5.43 Å². The van der Waals surface area contributed by atoms with Crippen molar-refractivity contribution in [2.75, 3.05) is 43.5 Å². The van der Waals surface area contributed by atoms with Gasteiger partial charge in [-0.2, -0.15) is 0 Å². The van der Waals surface area contributed by atoms with Crippen molar-refractivity contribution in [1.82, 2.24) is 19.4 Å². The number of hydrogen-bond acceptors (Lipinski definition) is 9. The van der Waals surface area contributed by atoms with E-state index in [1.807, 2.05) is 30.3 Å². The predicted molar refractivity (Wildman–Crippen MR) is 205 cm³/mol. The highest BCUT2D eigenvalue weighted by Gasteiger charge is 2.44. The number of carbonyl (C=O) groups is 2. The number of fused-ring (bicyclic) bond motifs is 5. The van der Waals surface area contributed by atoms with Gasteiger partial charge in [0.15, 0.2) is 11.6 Å². The van der Waals surface area contributed by atoms with Crippen LogP contribution in [0.3, 0.4) is 0 Å². The molecule has 1 aliphatic carbocycles. The first-order chi connectivity index (χ1) is 26.2. The van der Waals surface area contributed by atoms with Gasteiger partial charge in [0.05, 0.1) is 22.5 Å². The van der Waals surface area contributed by atoms with Crippen molar-refractivity contribution in [2.24, 2.45) is 13.0 Å². The monoisotopic (exact) mass is 748 g/mol. The van der Waals surface area contributed by atoms with Crippen LogP contribution in [0, 0.1) is 17.6 Å². The van der Waals surface area contributed by atoms with Gasteiger partial charge >= 0.3 is 12.1 Å². The molecule has 5 heterocycles. The number of pyridine rings is 3. The number of likely N-dealkylation sites (N-methyl/N-ethyl adjacent to an activating group) is 1. The lowest BCUT2D eigenvalue weighted by Gasteiger charge is -2.31. The Labute approximate surface area is 317 Å². The van der Waals surface area contributed by atoms with Crippen molar-refractivity contribution >= 4 is 34.5 Å². The largest absolute Gasteiger partial charge is 0.457 e. The van der Waals surface area contributed by atoms with Crippen LogP contribution in [0.15, 0.2) is 65.8 Å². The maximum atomic E-state index is 16.4. The van der Waals surface area contributed by atoms with Gasteiger partial charge in [-0.25, -0.2) is 23.4 Å². The minimum atomic E-state index is -1.10. The number of anilines is 2. The van der Waals surface area contributed by atoms with Crippen LogP contribution in [0.25, 0.3) is 33.3 Å². The Morgan fingerprint density at radius 3 is 2.53 bits per heavy atom. The molecular formula is C42H42F2N6O5. The van der Waals surface area contributed by atoms with Gasteiger partial charge in [-0.1, -0.05) is 30.3 Å². The van der Waals surface area contributed by atoms with E-state index in [9.17, 15) is 14.4 Å². The summed E-state index contributed by atoms with van der Waals surface area (Å²) in [5, 5.41) is 0.194. The summed E-state index contributed by atoms with van der Waals surface area (Å²) < 4.78 is 44.8. The highest BCUT2D eigenvalue weighted by molar-refractivity contribution is 6.00. The smallest absolute Gasteiger partial charge is 0.414 e. The number of aryl methyl sites for hydroxylation is 1. The molecule has 5 aromatic rings. The molecule has 11 nitrogen and oxygen atoms in total. The molecule has 55 heavy (non-hydrogen) atoms. The Kier molecular flexibility index (Phi) is 8.95. The molecule has 2 fully saturated rings. The number of likely N-dealkylation sites (tertiary alicyclic amines) is 1. The summed E-state index contributed by atoms with van der Waals surface area (Å²) in [4.78, 5) is 55.7. The number of nitrogens with zero attached hydrogens (tertiary/aromatic N) is 6. The topological polar surface area (TPSA) is 110 Å². The average Bonchev–Trinajstić information content (AvgIpc) is 3.85. The number of rotatable bonds is 6. The summed E-state index contributed by atoms with van der Waals surface area (Å²) in [7, 11) is 5.26. The molecule has 2 aliphatic heterocycles. The lowest BCUT2D eigenvalue weighted by molar-refractivity contribution is 0.0469. The van der Waals surface area contributed by atoms with Gasteiger partial charge in [0, 0.05) is 93.1 Å². The maximum absolute atomic E-state index is 16.4. The van der Waals surface area contributed by atoms with E-state index in [2.05, 4.69) is 21.8 Å². The Morgan fingerprint density at radius 2 is 1.78 bits per heavy atom. The molecule has 1 amide bonds. The second kappa shape index (κ2) is 13.6. The third kappa shape index (κ3) is 6.39. The molecule has 13 heteroatoms. The summed E-state index contributed by atoms with van der Waals surface area (Å²) in [6.07, 6.45) is 5.12. The van der Waals surface area contributed by atoms with Gasteiger partial charge < -0.3 is 23.8 Å². The number of amides is 1. The van der Waals surface area contributed by atoms with Gasteiger partial charge in [-0.05, 0) is 57.4 Å². The number of aromatic nitrogens is 3. The number of hydrogen-bond donors (Lipinski definition) is 0. The molecule has 0 N–H and O–H groups in total. The molecule has 0 radical (unpaired) electrons. The molecule has 3 aromatic heterocycles. The van der Waals surface area contributed by atoms with Crippen LogP contribution in [0.2, 0.25) is 0 Å². The number of esters is 1. The van der Waals surface area contributed by atoms with E-state index in [1.165, 1.54) is 18.1 Å². The fraction of sp³-hybridized carbons (Fsp3) is 0.357. The number of benzene rings is 2. The van der Waals surface area contributed by atoms with Crippen LogP contribution >= 0.6 is 0 Å². The Bertz CT molecular complexity index is 2450. The minimum absolute atomic E-state index is 0.00437. The van der Waals surface area contributed by atoms with Gasteiger partial charge in [-0.3, -0.25) is 14.7 Å². The van der Waals surface area contributed by atoms with Crippen molar-refractivity contribution in [3.05, 3.63) is 105 Å².